The number of hydrogen-bond acceptors (Lipinski definition) is 3. The lowest BCUT2D eigenvalue weighted by Gasteiger charge is -2.14. The Morgan fingerprint density at radius 2 is 1.88 bits per heavy atom. The molecule has 2 aromatic carbocycles. The average molecular weight is 352 g/mol. The van der Waals surface area contributed by atoms with Gasteiger partial charge in [-0.2, -0.15) is 0 Å². The average Bonchev–Trinajstić information content (AvgIpc) is 2.66. The second kappa shape index (κ2) is 9.35. The first-order chi connectivity index (χ1) is 12.5. The van der Waals surface area contributed by atoms with Gasteiger partial charge in [0.15, 0.2) is 0 Å². The molecule has 2 aromatic rings. The number of benzene rings is 2. The molecule has 0 heterocycles. The molecular formula is C23H28O3. The van der Waals surface area contributed by atoms with Gasteiger partial charge in [-0.1, -0.05) is 63.2 Å². The van der Waals surface area contributed by atoms with Crippen LogP contribution in [-0.2, 0) is 22.7 Å². The van der Waals surface area contributed by atoms with Gasteiger partial charge < -0.3 is 9.84 Å². The molecule has 0 radical (unpaired) electrons. The third kappa shape index (κ3) is 5.06. The standard InChI is InChI=1S/C23H28O3/c1-5-6-17(4)19-8-10-20(11-9-19)22-12-7-18(14-24)13-21(22)15-26-23(25)16(2)3/h7-13,17,24H,2,5-6,14-15H2,1,3-4H3. The molecule has 0 aliphatic carbocycles. The maximum absolute atomic E-state index is 11.7. The van der Waals surface area contributed by atoms with Crippen LogP contribution in [0.3, 0.4) is 0 Å². The summed E-state index contributed by atoms with van der Waals surface area (Å²) in [6.45, 7) is 9.79. The molecule has 1 atom stereocenters. The Balaban J connectivity index is 2.29. The monoisotopic (exact) mass is 352 g/mol. The summed E-state index contributed by atoms with van der Waals surface area (Å²) in [7, 11) is 0. The third-order valence-corrected chi connectivity index (χ3v) is 4.57. The van der Waals surface area contributed by atoms with Crippen molar-refractivity contribution < 1.29 is 14.6 Å². The van der Waals surface area contributed by atoms with Crippen LogP contribution in [0, 0.1) is 0 Å². The molecule has 0 spiro atoms. The largest absolute Gasteiger partial charge is 0.457 e. The fraction of sp³-hybridized carbons (Fsp3) is 0.348. The van der Waals surface area contributed by atoms with Crippen LogP contribution in [0.1, 0.15) is 56.2 Å². The number of ether oxygens (including phenoxy) is 1. The summed E-state index contributed by atoms with van der Waals surface area (Å²) < 4.78 is 5.32. The molecule has 0 fully saturated rings. The maximum atomic E-state index is 11.7. The highest BCUT2D eigenvalue weighted by molar-refractivity contribution is 5.87. The minimum atomic E-state index is -0.408. The molecule has 0 aromatic heterocycles. The van der Waals surface area contributed by atoms with Gasteiger partial charge in [0.2, 0.25) is 0 Å². The van der Waals surface area contributed by atoms with Crippen LogP contribution in [0.5, 0.6) is 0 Å². The van der Waals surface area contributed by atoms with Gasteiger partial charge in [0.25, 0.3) is 0 Å². The summed E-state index contributed by atoms with van der Waals surface area (Å²) in [5, 5.41) is 9.42. The summed E-state index contributed by atoms with van der Waals surface area (Å²) in [5.41, 5.74) is 5.45. The minimum Gasteiger partial charge on any atom is -0.457 e. The first-order valence-electron chi connectivity index (χ1n) is 9.11. The first-order valence-corrected chi connectivity index (χ1v) is 9.11. The second-order valence-corrected chi connectivity index (χ2v) is 6.82. The summed E-state index contributed by atoms with van der Waals surface area (Å²) >= 11 is 0. The smallest absolute Gasteiger partial charge is 0.333 e. The zero-order chi connectivity index (χ0) is 19.1. The Hall–Kier alpha value is -2.39. The van der Waals surface area contributed by atoms with E-state index < -0.39 is 5.97 Å². The summed E-state index contributed by atoms with van der Waals surface area (Å²) in [6.07, 6.45) is 2.34. The van der Waals surface area contributed by atoms with E-state index in [0.29, 0.717) is 11.5 Å². The van der Waals surface area contributed by atoms with Gasteiger partial charge in [-0.15, -0.1) is 0 Å². The molecule has 3 nitrogen and oxygen atoms in total. The van der Waals surface area contributed by atoms with E-state index in [4.69, 9.17) is 4.74 Å². The molecule has 0 aliphatic rings. The minimum absolute atomic E-state index is 0.0464. The second-order valence-electron chi connectivity index (χ2n) is 6.82. The van der Waals surface area contributed by atoms with Crippen LogP contribution >= 0.6 is 0 Å². The van der Waals surface area contributed by atoms with E-state index in [1.165, 1.54) is 18.4 Å². The van der Waals surface area contributed by atoms with Gasteiger partial charge in [-0.3, -0.25) is 0 Å². The van der Waals surface area contributed by atoms with Crippen LogP contribution < -0.4 is 0 Å². The molecule has 1 N–H and O–H groups in total. The topological polar surface area (TPSA) is 46.5 Å². The molecule has 2 rings (SSSR count). The van der Waals surface area contributed by atoms with Crippen LogP contribution in [-0.4, -0.2) is 11.1 Å². The van der Waals surface area contributed by atoms with Gasteiger partial charge in [0.1, 0.15) is 6.61 Å². The SMILES string of the molecule is C=C(C)C(=O)OCc1cc(CO)ccc1-c1ccc(C(C)CCC)cc1. The molecule has 0 amide bonds. The number of hydrogen-bond donors (Lipinski definition) is 1. The zero-order valence-corrected chi connectivity index (χ0v) is 15.9. The van der Waals surface area contributed by atoms with Crippen LogP contribution in [0.15, 0.2) is 54.6 Å². The van der Waals surface area contributed by atoms with E-state index in [1.807, 2.05) is 18.2 Å². The van der Waals surface area contributed by atoms with Gasteiger partial charge in [-0.05, 0) is 53.1 Å². The third-order valence-electron chi connectivity index (χ3n) is 4.57. The van der Waals surface area contributed by atoms with Crippen molar-refractivity contribution in [2.45, 2.75) is 52.7 Å². The highest BCUT2D eigenvalue weighted by atomic mass is 16.5. The Kier molecular flexibility index (Phi) is 7.16. The van der Waals surface area contributed by atoms with E-state index in [1.54, 1.807) is 6.92 Å². The molecule has 0 aliphatic heterocycles. The Bertz CT molecular complexity index is 760. The number of rotatable bonds is 8. The Morgan fingerprint density at radius 1 is 1.19 bits per heavy atom. The number of carbonyl (C=O) groups excluding carboxylic acids is 1. The first kappa shape index (κ1) is 19.9. The lowest BCUT2D eigenvalue weighted by molar-refractivity contribution is -0.140. The number of esters is 1. The van der Waals surface area contributed by atoms with Crippen molar-refractivity contribution in [1.82, 2.24) is 0 Å². The van der Waals surface area contributed by atoms with Crippen molar-refractivity contribution in [2.24, 2.45) is 0 Å². The lowest BCUT2D eigenvalue weighted by atomic mass is 9.93. The molecule has 26 heavy (non-hydrogen) atoms. The molecule has 0 bridgehead atoms. The maximum Gasteiger partial charge on any atom is 0.333 e. The van der Waals surface area contributed by atoms with E-state index in [9.17, 15) is 9.90 Å². The number of carbonyl (C=O) groups is 1. The highest BCUT2D eigenvalue weighted by Crippen LogP contribution is 2.28. The predicted molar refractivity (Wildman–Crippen MR) is 106 cm³/mol. The van der Waals surface area contributed by atoms with E-state index in [2.05, 4.69) is 44.7 Å². The molecule has 0 saturated heterocycles. The number of aliphatic hydroxyl groups excluding tert-OH is 1. The quantitative estimate of drug-likeness (QED) is 0.513. The van der Waals surface area contributed by atoms with Crippen molar-refractivity contribution >= 4 is 5.97 Å². The summed E-state index contributed by atoms with van der Waals surface area (Å²) in [6, 6.07) is 14.3. The summed E-state index contributed by atoms with van der Waals surface area (Å²) in [5.74, 6) is 0.135. The fourth-order valence-corrected chi connectivity index (χ4v) is 3.00. The molecule has 3 heteroatoms. The van der Waals surface area contributed by atoms with E-state index >= 15 is 0 Å². The Morgan fingerprint density at radius 3 is 2.46 bits per heavy atom. The van der Waals surface area contributed by atoms with Crippen molar-refractivity contribution in [1.29, 1.82) is 0 Å². The molecule has 0 saturated carbocycles. The van der Waals surface area contributed by atoms with Crippen molar-refractivity contribution in [3.05, 3.63) is 71.3 Å². The Labute approximate surface area is 156 Å². The fourth-order valence-electron chi connectivity index (χ4n) is 3.00. The van der Waals surface area contributed by atoms with Crippen molar-refractivity contribution in [2.75, 3.05) is 0 Å². The molecular weight excluding hydrogens is 324 g/mol. The van der Waals surface area contributed by atoms with Crippen LogP contribution in [0.2, 0.25) is 0 Å². The van der Waals surface area contributed by atoms with Gasteiger partial charge >= 0.3 is 5.97 Å². The zero-order valence-electron chi connectivity index (χ0n) is 15.9. The normalized spacial score (nSPS) is 11.8. The van der Waals surface area contributed by atoms with Crippen molar-refractivity contribution in [3.8, 4) is 11.1 Å². The molecule has 1 unspecified atom stereocenters. The van der Waals surface area contributed by atoms with E-state index in [-0.39, 0.29) is 13.2 Å². The van der Waals surface area contributed by atoms with Gasteiger partial charge in [-0.25, -0.2) is 4.79 Å². The molecule has 138 valence electrons. The van der Waals surface area contributed by atoms with Crippen LogP contribution in [0.25, 0.3) is 11.1 Å². The number of aliphatic hydroxyl groups is 1. The van der Waals surface area contributed by atoms with Crippen molar-refractivity contribution in [3.63, 3.8) is 0 Å². The predicted octanol–water partition coefficient (Wildman–Crippen LogP) is 5.37. The van der Waals surface area contributed by atoms with Gasteiger partial charge in [0, 0.05) is 5.57 Å². The summed E-state index contributed by atoms with van der Waals surface area (Å²) in [4.78, 5) is 11.7. The van der Waals surface area contributed by atoms with Gasteiger partial charge in [0.05, 0.1) is 6.61 Å². The van der Waals surface area contributed by atoms with Crippen LogP contribution in [0.4, 0.5) is 0 Å². The lowest BCUT2D eigenvalue weighted by Crippen LogP contribution is -2.06. The highest BCUT2D eigenvalue weighted by Gasteiger charge is 2.11. The van der Waals surface area contributed by atoms with E-state index in [0.717, 1.165) is 22.3 Å².